The second-order valence-electron chi connectivity index (χ2n) is 4.08. The smallest absolute Gasteiger partial charge is 0.181 e. The highest BCUT2D eigenvalue weighted by atomic mass is 16.5. The Kier molecular flexibility index (Phi) is 7.27. The summed E-state index contributed by atoms with van der Waals surface area (Å²) in [4.78, 5) is 2.22. The molecule has 0 aromatic heterocycles. The van der Waals surface area contributed by atoms with E-state index in [0.717, 1.165) is 30.8 Å². The van der Waals surface area contributed by atoms with Gasteiger partial charge in [0.25, 0.3) is 0 Å². The molecule has 0 amide bonds. The van der Waals surface area contributed by atoms with Crippen LogP contribution in [0.1, 0.15) is 40.5 Å². The zero-order chi connectivity index (χ0) is 11.8. The summed E-state index contributed by atoms with van der Waals surface area (Å²) >= 11 is 0. The van der Waals surface area contributed by atoms with Crippen molar-refractivity contribution in [2.24, 2.45) is 11.8 Å². The monoisotopic (exact) mass is 213 g/mol. The fourth-order valence-corrected chi connectivity index (χ4v) is 2.07. The quantitative estimate of drug-likeness (QED) is 0.648. The molecule has 0 heterocycles. The van der Waals surface area contributed by atoms with Crippen LogP contribution in [0.25, 0.3) is 0 Å². The van der Waals surface area contributed by atoms with Gasteiger partial charge in [-0.05, 0) is 38.2 Å². The first kappa shape index (κ1) is 14.3. The predicted molar refractivity (Wildman–Crippen MR) is 66.6 cm³/mol. The molecule has 1 aliphatic rings. The molecule has 1 rings (SSSR count). The molecule has 1 saturated carbocycles. The fourth-order valence-electron chi connectivity index (χ4n) is 2.07. The molecule has 2 heteroatoms. The molecule has 0 unspecified atom stereocenters. The number of nitrogens with zero attached hydrogens (tertiary/aromatic N) is 1. The molecule has 0 spiro atoms. The van der Waals surface area contributed by atoms with Crippen LogP contribution in [0.2, 0.25) is 0 Å². The minimum atomic E-state index is 0.807. The molecule has 2 nitrogen and oxygen atoms in total. The standard InChI is InChI=1S/C11H21NO.C2H6/c1-5-12(10(3)13-4)8-11-6-9(2)7-11;1-2/h9,11H,3,5-8H2,1-2,4H3;1-2H3. The van der Waals surface area contributed by atoms with Crippen molar-refractivity contribution >= 4 is 0 Å². The second-order valence-corrected chi connectivity index (χ2v) is 4.08. The SMILES string of the molecule is C=C(OC)N(CC)CC1CC(C)C1.CC. The molecular formula is C13H27NO. The molecule has 0 atom stereocenters. The fraction of sp³-hybridized carbons (Fsp3) is 0.846. The van der Waals surface area contributed by atoms with Crippen molar-refractivity contribution in [1.82, 2.24) is 4.90 Å². The minimum absolute atomic E-state index is 0.807. The van der Waals surface area contributed by atoms with Crippen molar-refractivity contribution in [2.45, 2.75) is 40.5 Å². The van der Waals surface area contributed by atoms with Crippen molar-refractivity contribution in [3.05, 3.63) is 12.5 Å². The summed E-state index contributed by atoms with van der Waals surface area (Å²) in [6.45, 7) is 14.5. The first-order valence-electron chi connectivity index (χ1n) is 6.15. The lowest BCUT2D eigenvalue weighted by molar-refractivity contribution is 0.102. The molecule has 15 heavy (non-hydrogen) atoms. The van der Waals surface area contributed by atoms with Gasteiger partial charge in [-0.15, -0.1) is 0 Å². The topological polar surface area (TPSA) is 12.5 Å². The lowest BCUT2D eigenvalue weighted by Crippen LogP contribution is -2.35. The number of ether oxygens (including phenoxy) is 1. The van der Waals surface area contributed by atoms with Crippen LogP contribution in [-0.2, 0) is 4.74 Å². The van der Waals surface area contributed by atoms with Gasteiger partial charge < -0.3 is 9.64 Å². The van der Waals surface area contributed by atoms with Gasteiger partial charge in [0.15, 0.2) is 5.88 Å². The van der Waals surface area contributed by atoms with E-state index in [1.165, 1.54) is 12.8 Å². The largest absolute Gasteiger partial charge is 0.483 e. The second kappa shape index (κ2) is 7.61. The number of methoxy groups -OCH3 is 1. The Morgan fingerprint density at radius 3 is 2.27 bits per heavy atom. The van der Waals surface area contributed by atoms with E-state index in [4.69, 9.17) is 4.74 Å². The Morgan fingerprint density at radius 1 is 1.40 bits per heavy atom. The van der Waals surface area contributed by atoms with Crippen molar-refractivity contribution < 1.29 is 4.74 Å². The zero-order valence-electron chi connectivity index (χ0n) is 11.0. The summed E-state index contributed by atoms with van der Waals surface area (Å²) < 4.78 is 5.13. The van der Waals surface area contributed by atoms with Crippen molar-refractivity contribution in [2.75, 3.05) is 20.2 Å². The molecule has 90 valence electrons. The third-order valence-electron chi connectivity index (χ3n) is 2.92. The molecule has 1 aliphatic carbocycles. The predicted octanol–water partition coefficient (Wildman–Crippen LogP) is 3.50. The minimum Gasteiger partial charge on any atom is -0.483 e. The lowest BCUT2D eigenvalue weighted by atomic mass is 9.76. The Morgan fingerprint density at radius 2 is 1.93 bits per heavy atom. The average Bonchev–Trinajstić information content (AvgIpc) is 2.24. The Bertz CT molecular complexity index is 173. The maximum Gasteiger partial charge on any atom is 0.181 e. The van der Waals surface area contributed by atoms with E-state index in [2.05, 4.69) is 25.3 Å². The number of rotatable bonds is 5. The Hall–Kier alpha value is -0.660. The number of hydrogen-bond donors (Lipinski definition) is 0. The lowest BCUT2D eigenvalue weighted by Gasteiger charge is -2.37. The van der Waals surface area contributed by atoms with Gasteiger partial charge in [-0.1, -0.05) is 20.8 Å². The summed E-state index contributed by atoms with van der Waals surface area (Å²) in [5.41, 5.74) is 0. The average molecular weight is 213 g/mol. The van der Waals surface area contributed by atoms with Crippen molar-refractivity contribution in [1.29, 1.82) is 0 Å². The van der Waals surface area contributed by atoms with Gasteiger partial charge in [0, 0.05) is 13.1 Å². The summed E-state index contributed by atoms with van der Waals surface area (Å²) in [7, 11) is 1.69. The summed E-state index contributed by atoms with van der Waals surface area (Å²) in [6.07, 6.45) is 2.74. The molecule has 0 aliphatic heterocycles. The molecular weight excluding hydrogens is 186 g/mol. The van der Waals surface area contributed by atoms with Crippen LogP contribution in [-0.4, -0.2) is 25.1 Å². The zero-order valence-corrected chi connectivity index (χ0v) is 11.0. The Balaban J connectivity index is 0.000000921. The highest BCUT2D eigenvalue weighted by molar-refractivity contribution is 4.87. The first-order chi connectivity index (χ1) is 7.17. The van der Waals surface area contributed by atoms with Crippen molar-refractivity contribution in [3.63, 3.8) is 0 Å². The van der Waals surface area contributed by atoms with Gasteiger partial charge in [-0.3, -0.25) is 0 Å². The summed E-state index contributed by atoms with van der Waals surface area (Å²) in [6, 6.07) is 0. The van der Waals surface area contributed by atoms with Gasteiger partial charge >= 0.3 is 0 Å². The third-order valence-corrected chi connectivity index (χ3v) is 2.92. The van der Waals surface area contributed by atoms with Gasteiger partial charge in [-0.2, -0.15) is 0 Å². The molecule has 0 N–H and O–H groups in total. The molecule has 0 aromatic carbocycles. The normalized spacial score (nSPS) is 23.3. The van der Waals surface area contributed by atoms with Crippen LogP contribution < -0.4 is 0 Å². The highest BCUT2D eigenvalue weighted by Gasteiger charge is 2.27. The maximum atomic E-state index is 5.13. The van der Waals surface area contributed by atoms with Gasteiger partial charge in [0.05, 0.1) is 7.11 Å². The maximum absolute atomic E-state index is 5.13. The van der Waals surface area contributed by atoms with E-state index >= 15 is 0 Å². The van der Waals surface area contributed by atoms with E-state index in [1.807, 2.05) is 13.8 Å². The van der Waals surface area contributed by atoms with Gasteiger partial charge in [0.2, 0.25) is 0 Å². The van der Waals surface area contributed by atoms with E-state index in [0.29, 0.717) is 0 Å². The third kappa shape index (κ3) is 4.59. The van der Waals surface area contributed by atoms with Crippen LogP contribution in [0.4, 0.5) is 0 Å². The highest BCUT2D eigenvalue weighted by Crippen LogP contribution is 2.33. The van der Waals surface area contributed by atoms with Crippen molar-refractivity contribution in [3.8, 4) is 0 Å². The van der Waals surface area contributed by atoms with E-state index in [9.17, 15) is 0 Å². The molecule has 0 bridgehead atoms. The van der Waals surface area contributed by atoms with Crippen LogP contribution in [0.5, 0.6) is 0 Å². The first-order valence-corrected chi connectivity index (χ1v) is 6.15. The Labute approximate surface area is 95.3 Å². The molecule has 0 aromatic rings. The summed E-state index contributed by atoms with van der Waals surface area (Å²) in [5, 5.41) is 0. The molecule has 1 fully saturated rings. The number of hydrogen-bond acceptors (Lipinski definition) is 2. The molecule has 0 radical (unpaired) electrons. The van der Waals surface area contributed by atoms with Crippen LogP contribution in [0.3, 0.4) is 0 Å². The molecule has 0 saturated heterocycles. The summed E-state index contributed by atoms with van der Waals surface area (Å²) in [5.74, 6) is 2.60. The van der Waals surface area contributed by atoms with E-state index < -0.39 is 0 Å². The van der Waals surface area contributed by atoms with Crippen LogP contribution >= 0.6 is 0 Å². The van der Waals surface area contributed by atoms with Gasteiger partial charge in [0.1, 0.15) is 0 Å². The van der Waals surface area contributed by atoms with E-state index in [1.54, 1.807) is 7.11 Å². The van der Waals surface area contributed by atoms with E-state index in [-0.39, 0.29) is 0 Å². The van der Waals surface area contributed by atoms with Crippen LogP contribution in [0.15, 0.2) is 12.5 Å². The van der Waals surface area contributed by atoms with Crippen LogP contribution in [0, 0.1) is 11.8 Å². The van der Waals surface area contributed by atoms with Gasteiger partial charge in [-0.25, -0.2) is 0 Å².